The molecule has 80 valence electrons. The molecule has 15 heavy (non-hydrogen) atoms. The molecule has 2 unspecified atom stereocenters. The average molecular weight is 204 g/mol. The normalized spacial score (nSPS) is 25.0. The quantitative estimate of drug-likeness (QED) is 0.713. The number of benzene rings is 1. The van der Waals surface area contributed by atoms with Crippen LogP contribution in [0, 0.1) is 6.92 Å². The third kappa shape index (κ3) is 2.05. The maximum Gasteiger partial charge on any atom is 0.126 e. The van der Waals surface area contributed by atoms with Crippen molar-refractivity contribution in [2.75, 3.05) is 0 Å². The molecule has 2 atom stereocenters. The summed E-state index contributed by atoms with van der Waals surface area (Å²) in [6.45, 7) is 3.98. The molecule has 0 amide bonds. The van der Waals surface area contributed by atoms with Crippen molar-refractivity contribution in [2.45, 2.75) is 32.5 Å². The monoisotopic (exact) mass is 204 g/mol. The van der Waals surface area contributed by atoms with Crippen LogP contribution in [0.1, 0.15) is 30.6 Å². The van der Waals surface area contributed by atoms with E-state index in [2.05, 4.69) is 0 Å². The molecule has 1 aromatic rings. The number of hydrogen-bond acceptors (Lipinski definition) is 2. The number of hydrogen-bond donors (Lipinski definition) is 1. The molecule has 1 N–H and O–H groups in total. The number of allylic oxidation sites excluding steroid dienone is 1. The van der Waals surface area contributed by atoms with Gasteiger partial charge in [-0.25, -0.2) is 0 Å². The molecule has 2 nitrogen and oxygen atoms in total. The van der Waals surface area contributed by atoms with Gasteiger partial charge < -0.3 is 9.84 Å². The van der Waals surface area contributed by atoms with Gasteiger partial charge in [0.25, 0.3) is 0 Å². The summed E-state index contributed by atoms with van der Waals surface area (Å²) in [5, 5.41) is 9.97. The van der Waals surface area contributed by atoms with Crippen LogP contribution in [-0.2, 0) is 0 Å². The molecule has 1 aliphatic rings. The molecule has 0 bridgehead atoms. The Morgan fingerprint density at radius 3 is 3.00 bits per heavy atom. The van der Waals surface area contributed by atoms with Crippen molar-refractivity contribution in [3.63, 3.8) is 0 Å². The summed E-state index contributed by atoms with van der Waals surface area (Å²) in [7, 11) is 0. The Morgan fingerprint density at radius 2 is 2.27 bits per heavy atom. The molecule has 0 aliphatic carbocycles. The van der Waals surface area contributed by atoms with E-state index in [0.717, 1.165) is 16.9 Å². The summed E-state index contributed by atoms with van der Waals surface area (Å²) in [5.41, 5.74) is 2.07. The summed E-state index contributed by atoms with van der Waals surface area (Å²) >= 11 is 0. The first kappa shape index (κ1) is 10.2. The van der Waals surface area contributed by atoms with Crippen molar-refractivity contribution in [3.05, 3.63) is 41.5 Å². The van der Waals surface area contributed by atoms with Gasteiger partial charge in [0.2, 0.25) is 0 Å². The number of aryl methyl sites for hydroxylation is 1. The van der Waals surface area contributed by atoms with Crippen LogP contribution in [-0.4, -0.2) is 11.2 Å². The topological polar surface area (TPSA) is 29.5 Å². The van der Waals surface area contributed by atoms with Crippen molar-refractivity contribution < 1.29 is 9.84 Å². The lowest BCUT2D eigenvalue weighted by atomic mass is 9.97. The van der Waals surface area contributed by atoms with E-state index in [-0.39, 0.29) is 6.10 Å². The third-order valence-corrected chi connectivity index (χ3v) is 2.67. The van der Waals surface area contributed by atoms with Gasteiger partial charge in [0, 0.05) is 12.0 Å². The predicted octanol–water partition coefficient (Wildman–Crippen LogP) is 2.76. The van der Waals surface area contributed by atoms with Crippen LogP contribution in [0.25, 0.3) is 0 Å². The highest BCUT2D eigenvalue weighted by Gasteiger charge is 2.24. The van der Waals surface area contributed by atoms with Crippen molar-refractivity contribution in [2.24, 2.45) is 0 Å². The number of fused-ring (bicyclic) bond motifs is 1. The van der Waals surface area contributed by atoms with Crippen LogP contribution in [0.5, 0.6) is 5.75 Å². The van der Waals surface area contributed by atoms with Gasteiger partial charge in [-0.15, -0.1) is 0 Å². The van der Waals surface area contributed by atoms with Crippen molar-refractivity contribution in [1.29, 1.82) is 0 Å². The van der Waals surface area contributed by atoms with E-state index in [1.54, 1.807) is 0 Å². The molecule has 0 radical (unpaired) electrons. The standard InChI is InChI=1S/C13H16O2/c1-3-4-10-8-12(14)11-7-9(2)5-6-13(11)15-10/h3-7,10,12,14H,8H2,1-2H3. The van der Waals surface area contributed by atoms with E-state index >= 15 is 0 Å². The van der Waals surface area contributed by atoms with Crippen LogP contribution in [0.15, 0.2) is 30.4 Å². The Balaban J connectivity index is 2.32. The van der Waals surface area contributed by atoms with Gasteiger partial charge in [-0.1, -0.05) is 17.7 Å². The zero-order valence-electron chi connectivity index (χ0n) is 9.10. The van der Waals surface area contributed by atoms with Crippen LogP contribution >= 0.6 is 0 Å². The summed E-state index contributed by atoms with van der Waals surface area (Å²) in [4.78, 5) is 0. The Hall–Kier alpha value is -1.28. The fraction of sp³-hybridized carbons (Fsp3) is 0.385. The van der Waals surface area contributed by atoms with Gasteiger partial charge in [0.05, 0.1) is 6.10 Å². The fourth-order valence-electron chi connectivity index (χ4n) is 1.93. The molecule has 1 aliphatic heterocycles. The number of ether oxygens (including phenoxy) is 1. The number of rotatable bonds is 1. The minimum absolute atomic E-state index is 0.000191. The first-order valence-corrected chi connectivity index (χ1v) is 5.29. The van der Waals surface area contributed by atoms with E-state index in [1.807, 2.05) is 44.2 Å². The second-order valence-corrected chi connectivity index (χ2v) is 3.97. The van der Waals surface area contributed by atoms with Gasteiger partial charge in [0.15, 0.2) is 0 Å². The first-order chi connectivity index (χ1) is 7.20. The second kappa shape index (κ2) is 4.07. The molecule has 0 spiro atoms. The molecule has 1 aromatic carbocycles. The number of aliphatic hydroxyl groups is 1. The van der Waals surface area contributed by atoms with E-state index in [1.165, 1.54) is 0 Å². The van der Waals surface area contributed by atoms with E-state index in [4.69, 9.17) is 4.74 Å². The molecule has 2 rings (SSSR count). The fourth-order valence-corrected chi connectivity index (χ4v) is 1.93. The maximum atomic E-state index is 9.97. The van der Waals surface area contributed by atoms with Gasteiger partial charge in [-0.3, -0.25) is 0 Å². The Bertz CT molecular complexity index is 382. The van der Waals surface area contributed by atoms with E-state index in [9.17, 15) is 5.11 Å². The van der Waals surface area contributed by atoms with Crippen LogP contribution in [0.3, 0.4) is 0 Å². The Labute approximate surface area is 90.2 Å². The largest absolute Gasteiger partial charge is 0.486 e. The van der Waals surface area contributed by atoms with Gasteiger partial charge in [0.1, 0.15) is 11.9 Å². The minimum Gasteiger partial charge on any atom is -0.486 e. The van der Waals surface area contributed by atoms with Crippen LogP contribution in [0.2, 0.25) is 0 Å². The molecule has 0 saturated heterocycles. The predicted molar refractivity (Wildman–Crippen MR) is 60.0 cm³/mol. The highest BCUT2D eigenvalue weighted by molar-refractivity contribution is 5.40. The summed E-state index contributed by atoms with van der Waals surface area (Å²) in [6.07, 6.45) is 4.17. The highest BCUT2D eigenvalue weighted by atomic mass is 16.5. The summed E-state index contributed by atoms with van der Waals surface area (Å²) in [6, 6.07) is 5.93. The lowest BCUT2D eigenvalue weighted by Gasteiger charge is -2.28. The minimum atomic E-state index is -0.408. The first-order valence-electron chi connectivity index (χ1n) is 5.29. The molecule has 2 heteroatoms. The molecule has 0 aromatic heterocycles. The maximum absolute atomic E-state index is 9.97. The molecule has 0 saturated carbocycles. The highest BCUT2D eigenvalue weighted by Crippen LogP contribution is 2.35. The summed E-state index contributed by atoms with van der Waals surface area (Å²) in [5.74, 6) is 0.808. The second-order valence-electron chi connectivity index (χ2n) is 3.97. The third-order valence-electron chi connectivity index (χ3n) is 2.67. The van der Waals surface area contributed by atoms with Crippen molar-refractivity contribution in [3.8, 4) is 5.75 Å². The molecular formula is C13H16O2. The van der Waals surface area contributed by atoms with Crippen LogP contribution in [0.4, 0.5) is 0 Å². The van der Waals surface area contributed by atoms with Gasteiger partial charge in [-0.05, 0) is 32.1 Å². The molecule has 0 fully saturated rings. The smallest absolute Gasteiger partial charge is 0.126 e. The number of aliphatic hydroxyl groups excluding tert-OH is 1. The Morgan fingerprint density at radius 1 is 1.47 bits per heavy atom. The molecular weight excluding hydrogens is 188 g/mol. The van der Waals surface area contributed by atoms with Crippen molar-refractivity contribution >= 4 is 0 Å². The van der Waals surface area contributed by atoms with Gasteiger partial charge in [-0.2, -0.15) is 0 Å². The van der Waals surface area contributed by atoms with E-state index < -0.39 is 6.10 Å². The summed E-state index contributed by atoms with van der Waals surface area (Å²) < 4.78 is 5.75. The average Bonchev–Trinajstić information content (AvgIpc) is 2.20. The Kier molecular flexibility index (Phi) is 2.78. The van der Waals surface area contributed by atoms with E-state index in [0.29, 0.717) is 6.42 Å². The zero-order valence-corrected chi connectivity index (χ0v) is 9.10. The lowest BCUT2D eigenvalue weighted by Crippen LogP contribution is -2.23. The zero-order chi connectivity index (χ0) is 10.8. The van der Waals surface area contributed by atoms with Crippen LogP contribution < -0.4 is 4.74 Å². The lowest BCUT2D eigenvalue weighted by molar-refractivity contribution is 0.0869. The van der Waals surface area contributed by atoms with Crippen molar-refractivity contribution in [1.82, 2.24) is 0 Å². The SMILES string of the molecule is CC=CC1CC(O)c2cc(C)ccc2O1. The van der Waals surface area contributed by atoms with Gasteiger partial charge >= 0.3 is 0 Å². The molecule has 1 heterocycles.